The summed E-state index contributed by atoms with van der Waals surface area (Å²) in [7, 11) is -1.37. The number of amides is 3. The molecule has 1 heterocycles. The van der Waals surface area contributed by atoms with Crippen LogP contribution in [0.25, 0.3) is 0 Å². The first kappa shape index (κ1) is 41.9. The maximum atomic E-state index is 13.7. The molecule has 4 unspecified atom stereocenters. The molecule has 16 heteroatoms. The summed E-state index contributed by atoms with van der Waals surface area (Å²) in [4.78, 5) is 57.6. The van der Waals surface area contributed by atoms with Crippen LogP contribution in [-0.4, -0.2) is 106 Å². The van der Waals surface area contributed by atoms with Crippen molar-refractivity contribution in [3.63, 3.8) is 0 Å². The van der Waals surface area contributed by atoms with Gasteiger partial charge in [-0.2, -0.15) is 8.42 Å². The number of ketones is 1. The summed E-state index contributed by atoms with van der Waals surface area (Å²) >= 11 is 1.14. The average Bonchev–Trinajstić information content (AvgIpc) is 3.51. The number of carbonyl (C=O) groups excluding carboxylic acids is 4. The molecule has 0 radical (unpaired) electrons. The normalized spacial score (nSPS) is 14.7. The van der Waals surface area contributed by atoms with E-state index in [1.54, 1.807) is 37.3 Å². The van der Waals surface area contributed by atoms with Gasteiger partial charge in [-0.25, -0.2) is 4.98 Å². The molecule has 0 aliphatic rings. The van der Waals surface area contributed by atoms with Crippen LogP contribution in [0.2, 0.25) is 0 Å². The first-order valence-corrected chi connectivity index (χ1v) is 18.6. The molecule has 4 N–H and O–H groups in total. The third-order valence-corrected chi connectivity index (χ3v) is 9.66. The van der Waals surface area contributed by atoms with Gasteiger partial charge in [0.1, 0.15) is 29.2 Å². The van der Waals surface area contributed by atoms with E-state index < -0.39 is 64.0 Å². The third kappa shape index (κ3) is 15.0. The van der Waals surface area contributed by atoms with Crippen LogP contribution in [0, 0.1) is 6.92 Å². The number of aromatic nitrogens is 1. The zero-order valence-corrected chi connectivity index (χ0v) is 30.5. The molecule has 0 aliphatic carbocycles. The highest BCUT2D eigenvalue weighted by atomic mass is 32.2. The van der Waals surface area contributed by atoms with E-state index in [1.165, 1.54) is 20.4 Å². The number of aliphatic hydroxyl groups is 1. The summed E-state index contributed by atoms with van der Waals surface area (Å²) in [5.41, 5.74) is -1.66. The van der Waals surface area contributed by atoms with Crippen LogP contribution in [0.3, 0.4) is 0 Å². The van der Waals surface area contributed by atoms with Crippen LogP contribution in [0.1, 0.15) is 72.6 Å². The van der Waals surface area contributed by atoms with Crippen molar-refractivity contribution in [1.29, 1.82) is 0 Å². The van der Waals surface area contributed by atoms with Crippen molar-refractivity contribution >= 4 is 45.0 Å². The van der Waals surface area contributed by atoms with Gasteiger partial charge >= 0.3 is 0 Å². The Morgan fingerprint density at radius 3 is 2.04 bits per heavy atom. The number of benzene rings is 1. The summed E-state index contributed by atoms with van der Waals surface area (Å²) in [5, 5.41) is 19.5. The number of methoxy groups -OCH3 is 2. The molecule has 14 nitrogen and oxygen atoms in total. The number of ether oxygens (including phenoxy) is 2. The predicted octanol–water partition coefficient (Wildman–Crippen LogP) is 2.08. The number of aryl methyl sites for hydroxylation is 1. The number of rotatable bonds is 24. The van der Waals surface area contributed by atoms with Crippen LogP contribution >= 0.6 is 11.3 Å². The van der Waals surface area contributed by atoms with Gasteiger partial charge in [-0.05, 0) is 32.3 Å². The smallest absolute Gasteiger partial charge is 0.267 e. The van der Waals surface area contributed by atoms with Crippen molar-refractivity contribution in [3.8, 4) is 0 Å². The Labute approximate surface area is 292 Å². The molecule has 0 fully saturated rings. The quantitative estimate of drug-likeness (QED) is 0.0913. The van der Waals surface area contributed by atoms with Crippen molar-refractivity contribution in [3.05, 3.63) is 52.0 Å². The van der Waals surface area contributed by atoms with Gasteiger partial charge in [-0.3, -0.25) is 23.4 Å². The molecule has 2 aromatic rings. The zero-order chi connectivity index (χ0) is 36.5. The molecule has 0 saturated carbocycles. The van der Waals surface area contributed by atoms with Crippen molar-refractivity contribution in [1.82, 2.24) is 20.9 Å². The molecule has 0 bridgehead atoms. The van der Waals surface area contributed by atoms with E-state index >= 15 is 0 Å². The average molecular weight is 727 g/mol. The second kappa shape index (κ2) is 21.1. The van der Waals surface area contributed by atoms with Crippen LogP contribution in [-0.2, 0) is 44.6 Å². The third-order valence-electron chi connectivity index (χ3n) is 7.48. The minimum absolute atomic E-state index is 0.0592. The lowest BCUT2D eigenvalue weighted by atomic mass is 9.91. The predicted molar refractivity (Wildman–Crippen MR) is 185 cm³/mol. The van der Waals surface area contributed by atoms with Crippen molar-refractivity contribution < 1.29 is 46.4 Å². The Balaban J connectivity index is 2.17. The highest BCUT2D eigenvalue weighted by Gasteiger charge is 2.39. The Kier molecular flexibility index (Phi) is 18.0. The van der Waals surface area contributed by atoms with Crippen LogP contribution in [0.4, 0.5) is 0 Å². The Morgan fingerprint density at radius 1 is 0.898 bits per heavy atom. The van der Waals surface area contributed by atoms with Crippen molar-refractivity contribution in [2.45, 2.75) is 89.4 Å². The van der Waals surface area contributed by atoms with Gasteiger partial charge in [0.05, 0.1) is 36.2 Å². The monoisotopic (exact) mass is 726 g/mol. The van der Waals surface area contributed by atoms with Crippen molar-refractivity contribution in [2.24, 2.45) is 0 Å². The summed E-state index contributed by atoms with van der Waals surface area (Å²) in [6.45, 7) is 3.58. The molecule has 0 saturated heterocycles. The summed E-state index contributed by atoms with van der Waals surface area (Å²) in [6.07, 6.45) is 6.49. The van der Waals surface area contributed by atoms with E-state index in [0.717, 1.165) is 43.9 Å². The van der Waals surface area contributed by atoms with Gasteiger partial charge in [-0.15, -0.1) is 11.3 Å². The molecule has 2 rings (SSSR count). The summed E-state index contributed by atoms with van der Waals surface area (Å²) in [6, 6.07) is 4.82. The lowest BCUT2D eigenvalue weighted by Gasteiger charge is -2.29. The molecule has 3 amide bonds. The van der Waals surface area contributed by atoms with Gasteiger partial charge in [0.15, 0.2) is 5.78 Å². The Hall–Kier alpha value is -3.28. The van der Waals surface area contributed by atoms with Gasteiger partial charge < -0.3 is 30.5 Å². The number of hydrogen-bond donors (Lipinski definition) is 4. The van der Waals surface area contributed by atoms with Crippen LogP contribution in [0.15, 0.2) is 36.5 Å². The fourth-order valence-electron chi connectivity index (χ4n) is 4.77. The Bertz CT molecular complexity index is 1450. The molecule has 274 valence electrons. The summed E-state index contributed by atoms with van der Waals surface area (Å²) < 4.78 is 40.4. The molecule has 1 aromatic heterocycles. The minimum Gasteiger partial charge on any atom is -0.382 e. The second-order valence-corrected chi connectivity index (χ2v) is 14.9. The number of thiazole rings is 1. The van der Waals surface area contributed by atoms with E-state index in [4.69, 9.17) is 13.7 Å². The van der Waals surface area contributed by atoms with Gasteiger partial charge in [-0.1, -0.05) is 69.4 Å². The van der Waals surface area contributed by atoms with Gasteiger partial charge in [0, 0.05) is 14.2 Å². The maximum absolute atomic E-state index is 13.7. The van der Waals surface area contributed by atoms with E-state index in [0.29, 0.717) is 23.4 Å². The number of unbranched alkanes of at least 4 members (excludes halogenated alkanes) is 5. The van der Waals surface area contributed by atoms with Crippen LogP contribution < -0.4 is 16.0 Å². The van der Waals surface area contributed by atoms with Gasteiger partial charge in [0.25, 0.3) is 16.0 Å². The minimum atomic E-state index is -4.03. The molecule has 4 atom stereocenters. The number of hydrogen-bond acceptors (Lipinski definition) is 12. The second-order valence-electron chi connectivity index (χ2n) is 11.9. The van der Waals surface area contributed by atoms with E-state index in [1.807, 2.05) is 0 Å². The van der Waals surface area contributed by atoms with E-state index in [2.05, 4.69) is 27.9 Å². The number of nitrogens with zero attached hydrogens (tertiary/aromatic N) is 1. The highest BCUT2D eigenvalue weighted by molar-refractivity contribution is 7.86. The van der Waals surface area contributed by atoms with Crippen LogP contribution in [0.5, 0.6) is 0 Å². The highest BCUT2D eigenvalue weighted by Crippen LogP contribution is 2.16. The fraction of sp³-hybridized carbons (Fsp3) is 0.606. The zero-order valence-electron chi connectivity index (χ0n) is 28.9. The van der Waals surface area contributed by atoms with E-state index in [9.17, 15) is 32.7 Å². The lowest BCUT2D eigenvalue weighted by molar-refractivity contribution is -0.143. The standard InChI is InChI=1S/C33H50N4O10S2/c1-6-7-8-9-10-14-17-49(43,44)47-22-33(3,42)29(38)25(18-24-15-12-11-13-16-24)35-30(39)26(20-45-4)36-31(40)27(21-46-5)37-32(41)28-19-34-23(2)48-28/h11-13,15-16,19,25-27,42H,6-10,14,17-18,20-22H2,1-5H3,(H,35,39)(H,36,40)(H,37,41). The lowest BCUT2D eigenvalue weighted by Crippen LogP contribution is -2.60. The molecule has 0 spiro atoms. The molecular formula is C33H50N4O10S2. The SMILES string of the molecule is CCCCCCCCS(=O)(=O)OCC(C)(O)C(=O)C(Cc1ccccc1)NC(=O)C(COC)NC(=O)C(COC)NC(=O)c1cnc(C)s1. The number of Topliss-reactive ketones (excluding diaryl/α,β-unsaturated/α-hetero) is 1. The van der Waals surface area contributed by atoms with Gasteiger partial charge in [0.2, 0.25) is 11.8 Å². The number of carbonyl (C=O) groups is 4. The Morgan fingerprint density at radius 2 is 1.47 bits per heavy atom. The molecule has 1 aromatic carbocycles. The van der Waals surface area contributed by atoms with E-state index in [-0.39, 0.29) is 30.3 Å². The first-order chi connectivity index (χ1) is 23.2. The largest absolute Gasteiger partial charge is 0.382 e. The fourth-order valence-corrected chi connectivity index (χ4v) is 6.53. The maximum Gasteiger partial charge on any atom is 0.267 e. The molecule has 49 heavy (non-hydrogen) atoms. The van der Waals surface area contributed by atoms with Crippen molar-refractivity contribution in [2.75, 3.05) is 39.8 Å². The molecular weight excluding hydrogens is 677 g/mol. The molecule has 0 aliphatic heterocycles. The summed E-state index contributed by atoms with van der Waals surface area (Å²) in [5.74, 6) is -3.28. The topological polar surface area (TPSA) is 199 Å². The first-order valence-electron chi connectivity index (χ1n) is 16.2. The number of nitrogens with one attached hydrogen (secondary N) is 3.